The van der Waals surface area contributed by atoms with Gasteiger partial charge in [-0.05, 0) is 36.4 Å². The third-order valence-corrected chi connectivity index (χ3v) is 5.29. The predicted octanol–water partition coefficient (Wildman–Crippen LogP) is 5.79. The maximum atomic E-state index is 12.9. The van der Waals surface area contributed by atoms with Crippen LogP contribution < -0.4 is 5.32 Å². The quantitative estimate of drug-likeness (QED) is 0.390. The van der Waals surface area contributed by atoms with E-state index in [0.717, 1.165) is 39.6 Å². The van der Waals surface area contributed by atoms with Gasteiger partial charge in [0.05, 0.1) is 22.1 Å². The third kappa shape index (κ3) is 3.64. The molecule has 5 rings (SSSR count). The second kappa shape index (κ2) is 7.64. The van der Waals surface area contributed by atoms with E-state index in [9.17, 15) is 18.0 Å². The molecular weight excluding hydrogens is 417 g/mol. The van der Waals surface area contributed by atoms with Gasteiger partial charge < -0.3 is 9.88 Å². The fourth-order valence-electron chi connectivity index (χ4n) is 3.82. The summed E-state index contributed by atoms with van der Waals surface area (Å²) >= 11 is 0. The molecule has 0 saturated carbocycles. The van der Waals surface area contributed by atoms with Crippen LogP contribution in [0.1, 0.15) is 12.0 Å². The molecule has 5 aromatic rings. The van der Waals surface area contributed by atoms with Crippen molar-refractivity contribution in [2.24, 2.45) is 0 Å². The van der Waals surface area contributed by atoms with E-state index in [2.05, 4.69) is 5.32 Å². The predicted molar refractivity (Wildman–Crippen MR) is 117 cm³/mol. The SMILES string of the molecule is O=C(CCn1c2ccccc2c2nc3ccccc3nc21)Nc1cccc(C(F)(F)F)c1. The van der Waals surface area contributed by atoms with Crippen LogP contribution in [0.3, 0.4) is 0 Å². The number of nitrogens with one attached hydrogen (secondary N) is 1. The van der Waals surface area contributed by atoms with Crippen LogP contribution in [-0.2, 0) is 17.5 Å². The van der Waals surface area contributed by atoms with Crippen molar-refractivity contribution < 1.29 is 18.0 Å². The second-order valence-corrected chi connectivity index (χ2v) is 7.43. The third-order valence-electron chi connectivity index (χ3n) is 5.29. The number of carbonyl (C=O) groups is 1. The molecule has 0 aliphatic rings. The molecule has 0 atom stereocenters. The maximum absolute atomic E-state index is 12.9. The van der Waals surface area contributed by atoms with Crippen molar-refractivity contribution >= 4 is 44.7 Å². The number of hydrogen-bond acceptors (Lipinski definition) is 3. The number of aromatic nitrogens is 3. The molecule has 0 fully saturated rings. The molecule has 0 spiro atoms. The van der Waals surface area contributed by atoms with Crippen LogP contribution in [0.2, 0.25) is 0 Å². The first-order chi connectivity index (χ1) is 15.4. The van der Waals surface area contributed by atoms with E-state index in [4.69, 9.17) is 9.97 Å². The standard InChI is InChI=1S/C24H17F3N4O/c25-24(26,27)15-6-5-7-16(14-15)28-21(32)12-13-31-20-11-4-1-8-17(20)22-23(31)30-19-10-3-2-9-18(19)29-22/h1-11,14H,12-13H2,(H,28,32). The van der Waals surface area contributed by atoms with Crippen molar-refractivity contribution in [1.82, 2.24) is 14.5 Å². The first-order valence-corrected chi connectivity index (χ1v) is 10.0. The van der Waals surface area contributed by atoms with Crippen LogP contribution in [0.25, 0.3) is 33.1 Å². The van der Waals surface area contributed by atoms with E-state index in [-0.39, 0.29) is 18.0 Å². The zero-order valence-electron chi connectivity index (χ0n) is 16.7. The summed E-state index contributed by atoms with van der Waals surface area (Å²) in [4.78, 5) is 22.0. The number of para-hydroxylation sites is 3. The van der Waals surface area contributed by atoms with Gasteiger partial charge >= 0.3 is 6.18 Å². The van der Waals surface area contributed by atoms with E-state index in [1.54, 1.807) is 0 Å². The molecule has 2 aromatic heterocycles. The molecule has 0 aliphatic carbocycles. The van der Waals surface area contributed by atoms with Crippen molar-refractivity contribution in [1.29, 1.82) is 0 Å². The van der Waals surface area contributed by atoms with Crippen molar-refractivity contribution in [3.05, 3.63) is 78.4 Å². The van der Waals surface area contributed by atoms with Gasteiger partial charge in [-0.15, -0.1) is 0 Å². The minimum Gasteiger partial charge on any atom is -0.326 e. The molecule has 160 valence electrons. The summed E-state index contributed by atoms with van der Waals surface area (Å²) in [5.74, 6) is -0.385. The number of rotatable bonds is 4. The van der Waals surface area contributed by atoms with Gasteiger partial charge in [-0.1, -0.05) is 36.4 Å². The molecule has 8 heteroatoms. The number of amides is 1. The Morgan fingerprint density at radius 3 is 2.41 bits per heavy atom. The van der Waals surface area contributed by atoms with Crippen LogP contribution in [-0.4, -0.2) is 20.4 Å². The largest absolute Gasteiger partial charge is 0.416 e. The van der Waals surface area contributed by atoms with E-state index in [1.165, 1.54) is 12.1 Å². The first-order valence-electron chi connectivity index (χ1n) is 10.0. The topological polar surface area (TPSA) is 59.8 Å². The summed E-state index contributed by atoms with van der Waals surface area (Å²) < 4.78 is 40.7. The molecule has 0 unspecified atom stereocenters. The molecule has 0 saturated heterocycles. The number of carbonyl (C=O) groups excluding carboxylic acids is 1. The van der Waals surface area contributed by atoms with E-state index in [1.807, 2.05) is 53.1 Å². The number of aryl methyl sites for hydroxylation is 1. The summed E-state index contributed by atoms with van der Waals surface area (Å²) in [5, 5.41) is 3.48. The Morgan fingerprint density at radius 1 is 0.906 bits per heavy atom. The summed E-state index contributed by atoms with van der Waals surface area (Å²) in [6.07, 6.45) is -4.40. The summed E-state index contributed by atoms with van der Waals surface area (Å²) in [7, 11) is 0. The smallest absolute Gasteiger partial charge is 0.326 e. The maximum Gasteiger partial charge on any atom is 0.416 e. The lowest BCUT2D eigenvalue weighted by atomic mass is 10.2. The van der Waals surface area contributed by atoms with E-state index in [0.29, 0.717) is 12.2 Å². The first kappa shape index (κ1) is 20.0. The van der Waals surface area contributed by atoms with Gasteiger partial charge in [0.15, 0.2) is 5.65 Å². The van der Waals surface area contributed by atoms with Crippen molar-refractivity contribution in [2.45, 2.75) is 19.1 Å². The van der Waals surface area contributed by atoms with Crippen molar-refractivity contribution in [2.75, 3.05) is 5.32 Å². The number of hydrogen-bond donors (Lipinski definition) is 1. The van der Waals surface area contributed by atoms with E-state index < -0.39 is 11.7 Å². The molecule has 0 bridgehead atoms. The van der Waals surface area contributed by atoms with Gasteiger partial charge in [0.1, 0.15) is 5.52 Å². The Kier molecular flexibility index (Phi) is 4.77. The molecule has 5 nitrogen and oxygen atoms in total. The molecule has 32 heavy (non-hydrogen) atoms. The number of nitrogens with zero attached hydrogens (tertiary/aromatic N) is 3. The normalized spacial score (nSPS) is 12.0. The van der Waals surface area contributed by atoms with Gasteiger partial charge in [-0.2, -0.15) is 13.2 Å². The lowest BCUT2D eigenvalue weighted by molar-refractivity contribution is -0.137. The fourth-order valence-corrected chi connectivity index (χ4v) is 3.82. The molecule has 3 aromatic carbocycles. The molecule has 1 amide bonds. The number of benzene rings is 3. The highest BCUT2D eigenvalue weighted by Crippen LogP contribution is 2.31. The van der Waals surface area contributed by atoms with Crippen LogP contribution in [0.15, 0.2) is 72.8 Å². The van der Waals surface area contributed by atoms with Gasteiger partial charge in [0.25, 0.3) is 0 Å². The Bertz CT molecular complexity index is 1470. The van der Waals surface area contributed by atoms with Gasteiger partial charge in [0.2, 0.25) is 5.91 Å². The summed E-state index contributed by atoms with van der Waals surface area (Å²) in [5.41, 5.74) is 3.14. The number of alkyl halides is 3. The highest BCUT2D eigenvalue weighted by atomic mass is 19.4. The Hall–Kier alpha value is -3.94. The highest BCUT2D eigenvalue weighted by molar-refractivity contribution is 6.06. The van der Waals surface area contributed by atoms with Gasteiger partial charge in [0, 0.05) is 24.0 Å². The van der Waals surface area contributed by atoms with Crippen LogP contribution in [0, 0.1) is 0 Å². The minimum atomic E-state index is -4.47. The van der Waals surface area contributed by atoms with Gasteiger partial charge in [-0.25, -0.2) is 9.97 Å². The highest BCUT2D eigenvalue weighted by Gasteiger charge is 2.30. The van der Waals surface area contributed by atoms with Gasteiger partial charge in [-0.3, -0.25) is 4.79 Å². The lowest BCUT2D eigenvalue weighted by Crippen LogP contribution is -2.15. The number of anilines is 1. The molecular formula is C24H17F3N4O. The summed E-state index contributed by atoms with van der Waals surface area (Å²) in [6.45, 7) is 0.307. The Morgan fingerprint density at radius 2 is 1.62 bits per heavy atom. The average molecular weight is 434 g/mol. The second-order valence-electron chi connectivity index (χ2n) is 7.43. The lowest BCUT2D eigenvalue weighted by Gasteiger charge is -2.11. The Labute approximate surface area is 180 Å². The fraction of sp³-hybridized carbons (Fsp3) is 0.125. The minimum absolute atomic E-state index is 0.0680. The van der Waals surface area contributed by atoms with E-state index >= 15 is 0 Å². The Balaban J connectivity index is 1.45. The molecule has 2 heterocycles. The number of fused-ring (bicyclic) bond motifs is 4. The van der Waals surface area contributed by atoms with Crippen LogP contribution >= 0.6 is 0 Å². The monoisotopic (exact) mass is 434 g/mol. The molecule has 1 N–H and O–H groups in total. The summed E-state index contributed by atoms with van der Waals surface area (Å²) in [6, 6.07) is 19.9. The van der Waals surface area contributed by atoms with Crippen molar-refractivity contribution in [3.8, 4) is 0 Å². The zero-order chi connectivity index (χ0) is 22.3. The van der Waals surface area contributed by atoms with Crippen LogP contribution in [0.4, 0.5) is 18.9 Å². The number of halogens is 3. The molecule has 0 radical (unpaired) electrons. The zero-order valence-corrected chi connectivity index (χ0v) is 16.7. The average Bonchev–Trinajstić information content (AvgIpc) is 3.08. The van der Waals surface area contributed by atoms with Crippen LogP contribution in [0.5, 0.6) is 0 Å². The molecule has 0 aliphatic heterocycles. The van der Waals surface area contributed by atoms with Crippen molar-refractivity contribution in [3.63, 3.8) is 0 Å².